The number of rotatable bonds is 8. The molecule has 0 unspecified atom stereocenters. The smallest absolute Gasteiger partial charge is 0.417 e. The zero-order valence-corrected chi connectivity index (χ0v) is 21.4. The van der Waals surface area contributed by atoms with Crippen LogP contribution in [0.25, 0.3) is 0 Å². The van der Waals surface area contributed by atoms with E-state index < -0.39 is 38.6 Å². The Kier molecular flexibility index (Phi) is 7.66. The maximum absolute atomic E-state index is 13.4. The van der Waals surface area contributed by atoms with Crippen molar-refractivity contribution < 1.29 is 31.1 Å². The Bertz CT molecular complexity index is 1320. The number of sulfone groups is 1. The molecule has 0 aliphatic carbocycles. The van der Waals surface area contributed by atoms with E-state index in [1.807, 2.05) is 0 Å². The van der Waals surface area contributed by atoms with Gasteiger partial charge in [-0.05, 0) is 75.0 Å². The molecular formula is C24H24F3N3O4S2. The molecule has 0 N–H and O–H groups in total. The van der Waals surface area contributed by atoms with Crippen molar-refractivity contribution in [1.29, 1.82) is 5.26 Å². The minimum absolute atomic E-state index is 0.00550. The summed E-state index contributed by atoms with van der Waals surface area (Å²) in [5, 5.41) is 9.08. The molecule has 1 amide bonds. The fourth-order valence-electron chi connectivity index (χ4n) is 3.76. The van der Waals surface area contributed by atoms with E-state index >= 15 is 0 Å². The van der Waals surface area contributed by atoms with Gasteiger partial charge in [0.15, 0.2) is 14.9 Å². The number of anilines is 1. The molecule has 0 atom stereocenters. The Morgan fingerprint density at radius 1 is 1.14 bits per heavy atom. The summed E-state index contributed by atoms with van der Waals surface area (Å²) in [5.74, 6) is -0.0173. The van der Waals surface area contributed by atoms with Crippen LogP contribution in [-0.2, 0) is 20.8 Å². The van der Waals surface area contributed by atoms with Gasteiger partial charge in [-0.25, -0.2) is 8.42 Å². The van der Waals surface area contributed by atoms with Gasteiger partial charge in [0, 0.05) is 6.54 Å². The molecule has 1 aliphatic heterocycles. The lowest BCUT2D eigenvalue weighted by molar-refractivity contribution is -0.137. The Hall–Kier alpha value is -3.17. The fraction of sp³-hybridized carbons (Fsp3) is 0.375. The second-order valence-corrected chi connectivity index (χ2v) is 11.2. The topological polar surface area (TPSA) is 90.7 Å². The van der Waals surface area contributed by atoms with Crippen LogP contribution in [0.2, 0.25) is 0 Å². The molecule has 1 saturated heterocycles. The van der Waals surface area contributed by atoms with Gasteiger partial charge in [0.1, 0.15) is 11.3 Å². The number of carbonyl (C=O) groups excluding carboxylic acids is 1. The van der Waals surface area contributed by atoms with Crippen molar-refractivity contribution in [3.63, 3.8) is 0 Å². The van der Waals surface area contributed by atoms with Crippen LogP contribution in [0.15, 0.2) is 47.4 Å². The third-order valence-corrected chi connectivity index (χ3v) is 8.02. The van der Waals surface area contributed by atoms with E-state index in [1.54, 1.807) is 37.8 Å². The van der Waals surface area contributed by atoms with E-state index in [1.165, 1.54) is 24.3 Å². The van der Waals surface area contributed by atoms with Crippen molar-refractivity contribution >= 4 is 38.8 Å². The summed E-state index contributed by atoms with van der Waals surface area (Å²) in [6.45, 7) is 5.34. The maximum Gasteiger partial charge on any atom is 0.417 e. The quantitative estimate of drug-likeness (QED) is 0.359. The zero-order valence-electron chi connectivity index (χ0n) is 19.8. The van der Waals surface area contributed by atoms with Gasteiger partial charge in [-0.2, -0.15) is 18.4 Å². The molecule has 1 heterocycles. The number of alkyl halides is 3. The summed E-state index contributed by atoms with van der Waals surface area (Å²) in [5.41, 5.74) is -2.86. The first-order valence-corrected chi connectivity index (χ1v) is 13.0. The van der Waals surface area contributed by atoms with Crippen molar-refractivity contribution in [2.45, 2.75) is 43.8 Å². The highest BCUT2D eigenvalue weighted by molar-refractivity contribution is 7.91. The van der Waals surface area contributed by atoms with Gasteiger partial charge in [0.2, 0.25) is 0 Å². The highest BCUT2D eigenvalue weighted by atomic mass is 32.2. The summed E-state index contributed by atoms with van der Waals surface area (Å²) in [7, 11) is -3.31. The van der Waals surface area contributed by atoms with Crippen LogP contribution >= 0.6 is 12.2 Å². The summed E-state index contributed by atoms with van der Waals surface area (Å²) in [4.78, 5) is 16.0. The van der Waals surface area contributed by atoms with Crippen LogP contribution in [0.4, 0.5) is 18.9 Å². The number of benzene rings is 2. The van der Waals surface area contributed by atoms with Crippen LogP contribution in [0.1, 0.15) is 38.3 Å². The lowest BCUT2D eigenvalue weighted by atomic mass is 10.0. The molecule has 0 saturated carbocycles. The largest absolute Gasteiger partial charge is 0.494 e. The molecular weight excluding hydrogens is 515 g/mol. The van der Waals surface area contributed by atoms with E-state index in [0.717, 1.165) is 17.0 Å². The van der Waals surface area contributed by atoms with Crippen molar-refractivity contribution in [3.8, 4) is 11.8 Å². The van der Waals surface area contributed by atoms with Crippen LogP contribution in [-0.4, -0.2) is 48.8 Å². The summed E-state index contributed by atoms with van der Waals surface area (Å²) in [6.07, 6.45) is -4.34. The molecule has 3 rings (SSSR count). The number of thiocarbonyl (C=S) groups is 1. The summed E-state index contributed by atoms with van der Waals surface area (Å²) < 4.78 is 69.8. The molecule has 0 bridgehead atoms. The SMILES string of the molecule is CCS(=O)(=O)c1ccc(OCCCN2C(=S)N(c3ccc(C#N)c(C(F)(F)F)c3)C(=O)C2(C)C)cc1. The minimum atomic E-state index is -4.77. The molecule has 2 aromatic carbocycles. The lowest BCUT2D eigenvalue weighted by Crippen LogP contribution is -2.44. The normalized spacial score (nSPS) is 15.8. The van der Waals surface area contributed by atoms with E-state index in [9.17, 15) is 26.4 Å². The Labute approximate surface area is 213 Å². The number of hydrogen-bond acceptors (Lipinski definition) is 6. The molecule has 2 aromatic rings. The van der Waals surface area contributed by atoms with Gasteiger partial charge in [-0.15, -0.1) is 0 Å². The number of carbonyl (C=O) groups is 1. The minimum Gasteiger partial charge on any atom is -0.494 e. The number of ether oxygens (including phenoxy) is 1. The fourth-order valence-corrected chi connectivity index (χ4v) is 5.16. The molecule has 1 aliphatic rings. The van der Waals surface area contributed by atoms with Gasteiger partial charge in [-0.1, -0.05) is 6.92 Å². The second-order valence-electron chi connectivity index (χ2n) is 8.55. The molecule has 0 aromatic heterocycles. The first-order valence-electron chi connectivity index (χ1n) is 11.0. The predicted octanol–water partition coefficient (Wildman–Crippen LogP) is 4.55. The molecule has 0 radical (unpaired) electrons. The number of amides is 1. The highest BCUT2D eigenvalue weighted by Crippen LogP contribution is 2.37. The molecule has 36 heavy (non-hydrogen) atoms. The van der Waals surface area contributed by atoms with Gasteiger partial charge in [0.05, 0.1) is 40.1 Å². The number of halogens is 3. The van der Waals surface area contributed by atoms with Crippen molar-refractivity contribution in [3.05, 3.63) is 53.6 Å². The van der Waals surface area contributed by atoms with Crippen molar-refractivity contribution in [2.75, 3.05) is 23.8 Å². The first kappa shape index (κ1) is 27.4. The van der Waals surface area contributed by atoms with Gasteiger partial charge < -0.3 is 9.64 Å². The Morgan fingerprint density at radius 2 is 1.78 bits per heavy atom. The number of hydrogen-bond donors (Lipinski definition) is 0. The van der Waals surface area contributed by atoms with Crippen LogP contribution < -0.4 is 9.64 Å². The van der Waals surface area contributed by atoms with Crippen molar-refractivity contribution in [2.24, 2.45) is 0 Å². The van der Waals surface area contributed by atoms with Gasteiger partial charge in [0.25, 0.3) is 5.91 Å². The molecule has 0 spiro atoms. The predicted molar refractivity (Wildman–Crippen MR) is 131 cm³/mol. The van der Waals surface area contributed by atoms with Gasteiger partial charge >= 0.3 is 6.18 Å². The highest BCUT2D eigenvalue weighted by Gasteiger charge is 2.49. The third-order valence-electron chi connectivity index (χ3n) is 5.87. The lowest BCUT2D eigenvalue weighted by Gasteiger charge is -2.29. The molecule has 12 heteroatoms. The van der Waals surface area contributed by atoms with E-state index in [4.69, 9.17) is 22.2 Å². The molecule has 192 valence electrons. The zero-order chi connectivity index (χ0) is 26.9. The van der Waals surface area contributed by atoms with Gasteiger partial charge in [-0.3, -0.25) is 9.69 Å². The van der Waals surface area contributed by atoms with E-state index in [2.05, 4.69) is 0 Å². The summed E-state index contributed by atoms with van der Waals surface area (Å²) >= 11 is 5.46. The third kappa shape index (κ3) is 5.32. The number of nitriles is 1. The van der Waals surface area contributed by atoms with Crippen molar-refractivity contribution in [1.82, 2.24) is 4.90 Å². The average molecular weight is 540 g/mol. The number of nitrogens with zero attached hydrogens (tertiary/aromatic N) is 3. The van der Waals surface area contributed by atoms with Crippen LogP contribution in [0, 0.1) is 11.3 Å². The van der Waals surface area contributed by atoms with E-state index in [0.29, 0.717) is 18.7 Å². The Morgan fingerprint density at radius 3 is 2.33 bits per heavy atom. The Balaban J connectivity index is 1.70. The van der Waals surface area contributed by atoms with E-state index in [-0.39, 0.29) is 28.1 Å². The monoisotopic (exact) mass is 539 g/mol. The van der Waals surface area contributed by atoms with Crippen LogP contribution in [0.5, 0.6) is 5.75 Å². The molecule has 7 nitrogen and oxygen atoms in total. The average Bonchev–Trinajstić information content (AvgIpc) is 2.99. The summed E-state index contributed by atoms with van der Waals surface area (Å²) in [6, 6.07) is 10.6. The molecule has 1 fully saturated rings. The maximum atomic E-state index is 13.4. The standard InChI is InChI=1S/C24H24F3N3O4S2/c1-4-36(32,33)19-10-8-18(9-11-19)34-13-5-12-29-22(35)30(21(31)23(29,2)3)17-7-6-16(15-28)20(14-17)24(25,26)27/h6-11,14H,4-5,12-13H2,1-3H3. The van der Waals surface area contributed by atoms with Crippen LogP contribution in [0.3, 0.4) is 0 Å². The second kappa shape index (κ2) is 10.1. The first-order chi connectivity index (χ1) is 16.7.